The molecule has 0 unspecified atom stereocenters. The Morgan fingerprint density at radius 2 is 0.671 bits per heavy atom. The van der Waals surface area contributed by atoms with Crippen LogP contribution in [0.15, 0.2) is 85.5 Å². The van der Waals surface area contributed by atoms with Crippen molar-refractivity contribution in [2.45, 2.75) is 435 Å². The van der Waals surface area contributed by atoms with E-state index in [2.05, 4.69) is 49.3 Å². The van der Waals surface area contributed by atoms with Crippen LogP contribution >= 0.6 is 22.6 Å². The van der Waals surface area contributed by atoms with Crippen molar-refractivity contribution in [3.63, 3.8) is 0 Å². The summed E-state index contributed by atoms with van der Waals surface area (Å²) in [6.45, 7) is 37.9. The molecule has 18 rings (SSSR count). The molecule has 0 radical (unpaired) electrons. The minimum atomic E-state index is -0.995. The van der Waals surface area contributed by atoms with Crippen LogP contribution in [0.1, 0.15) is 178 Å². The van der Waals surface area contributed by atoms with Crippen molar-refractivity contribution < 1.29 is 205 Å². The van der Waals surface area contributed by atoms with Gasteiger partial charge in [0.05, 0.1) is 61.1 Å². The third kappa shape index (κ3) is 35.1. The smallest absolute Gasteiger partial charge is 0.330 e. The Morgan fingerprint density at radius 3 is 0.980 bits per heavy atom. The maximum Gasteiger partial charge on any atom is 0.330 e. The molecule has 16 saturated heterocycles. The molecule has 16 fully saturated rings. The van der Waals surface area contributed by atoms with Crippen LogP contribution in [0.2, 0.25) is 0 Å². The normalized spacial score (nSPS) is 36.6. The standard InChI is InChI=1S/2C19H27NO6.C13H22O6.C12H20O6.C12H18O6.C10H18O6.C9H14O5.C4H6O2.CH3I.4CH4/c2*1-19(2)25-17-16(23-4)15(24-18(17)26-19)13(10-14(21)22-3)20-11-12-8-6-5-7-9-12;1-12(2)15-6-7(17-12)8-9(14-5)10-11(16-8)19-13(3,4)18-10;1-11(2)14-5-6(16-11)8-7(13)9-10(15-8)18-12(3,4)17-9;1-12(2)17-10-9(15-4)7(16-11(10)18-12)5-6-8(13)14-3;1-10(2)15-8-7(13-3)6(5(12)4-11)14-9(8)16-10;1-9(2)13-7-6(11-3)5(4-10)12-8(7)14-9;1-3-4(5)6-2;1-2;;;;/h2*5-9,13,15-18,20H,10-11H2,1-4H3;7-11H,6H2,1-5H3;6-10,13H,5H2,1-4H3;5-7,9-11H,1-4H3;5-9,11-12H,4H2,1-3H3;4-8H,1-3H3;3H,1H2,2H3;1H3;4*1H4/b;;;;6-5+;;;;;;;;/t13-,15+,16-,17+,18+;13-,15-,16+,17-,18-;7-,8-,9+,10-,11-;6-,7+,8-,9-,10-;7-,9+,10-,11-;5-,6-,7+,8-,9-;5-,6+,7-,8-;;;;;;/m0111111....../s1. The van der Waals surface area contributed by atoms with E-state index < -0.39 is 163 Å². The van der Waals surface area contributed by atoms with Crippen LogP contribution < -0.4 is 10.6 Å². The monoisotopic (exact) mass is 2250 g/mol. The zero-order valence-electron chi connectivity index (χ0n) is 88.3. The van der Waals surface area contributed by atoms with Gasteiger partial charge in [-0.3, -0.25) is 9.59 Å². The Kier molecular flexibility index (Phi) is 50.9. The summed E-state index contributed by atoms with van der Waals surface area (Å²) in [7, 11) is 14.9. The van der Waals surface area contributed by atoms with Gasteiger partial charge in [0.15, 0.2) is 102 Å². The summed E-state index contributed by atoms with van der Waals surface area (Å²) in [5, 5.41) is 35.5. The zero-order chi connectivity index (χ0) is 107. The average molecular weight is 2250 g/mol. The van der Waals surface area contributed by atoms with Gasteiger partial charge in [0.25, 0.3) is 0 Å². The number of rotatable bonds is 26. The number of esters is 4. The Bertz CT molecular complexity index is 4280. The van der Waals surface area contributed by atoms with Gasteiger partial charge in [-0.25, -0.2) is 9.59 Å². The third-order valence-electron chi connectivity index (χ3n) is 25.2. The van der Waals surface area contributed by atoms with E-state index in [1.54, 1.807) is 76.1 Å². The number of carbonyl (C=O) groups is 5. The minimum Gasteiger partial charge on any atom is -0.469 e. The summed E-state index contributed by atoms with van der Waals surface area (Å²) < 4.78 is 194. The van der Waals surface area contributed by atoms with Gasteiger partial charge in [-0.1, -0.05) is 120 Å². The second kappa shape index (κ2) is 57.3. The Labute approximate surface area is 891 Å². The summed E-state index contributed by atoms with van der Waals surface area (Å²) >= 11 is 2.15. The van der Waals surface area contributed by atoms with E-state index in [1.165, 1.54) is 48.7 Å². The van der Waals surface area contributed by atoms with Crippen molar-refractivity contribution in [3.8, 4) is 0 Å². The Balaban J connectivity index is 0.000000263. The number of benzene rings is 2. The molecule has 46 heteroatoms. The average Bonchev–Trinajstić information content (AvgIpc) is 1.63. The van der Waals surface area contributed by atoms with Crippen LogP contribution in [0.4, 0.5) is 0 Å². The summed E-state index contributed by atoms with van der Waals surface area (Å²) in [5.74, 6) is -7.50. The lowest BCUT2D eigenvalue weighted by atomic mass is 10.00. The fourth-order valence-corrected chi connectivity index (χ4v) is 19.0. The number of methoxy groups -OCH3 is 10. The number of nitrogens with one attached hydrogen (secondary N) is 2. The molecule has 33 atom stereocenters. The first kappa shape index (κ1) is 132. The number of fused-ring (bicyclic) bond motifs is 7. The van der Waals surface area contributed by atoms with Gasteiger partial charge in [0.2, 0.25) is 0 Å². The molecular weight excluding hydrogens is 2080 g/mol. The predicted molar refractivity (Wildman–Crippen MR) is 538 cm³/mol. The van der Waals surface area contributed by atoms with E-state index in [-0.39, 0.29) is 165 Å². The lowest BCUT2D eigenvalue weighted by Crippen LogP contribution is -2.49. The number of ether oxygens (including phenoxy) is 35. The highest BCUT2D eigenvalue weighted by Gasteiger charge is 2.65. The lowest BCUT2D eigenvalue weighted by molar-refractivity contribution is -0.234. The number of halogens is 1. The molecule has 149 heavy (non-hydrogen) atoms. The number of aliphatic hydroxyl groups is 3. The Morgan fingerprint density at radius 1 is 0.376 bits per heavy atom. The molecule has 0 amide bonds. The van der Waals surface area contributed by atoms with Gasteiger partial charge in [-0.15, -0.1) is 0 Å². The van der Waals surface area contributed by atoms with E-state index in [0.717, 1.165) is 17.2 Å². The van der Waals surface area contributed by atoms with Gasteiger partial charge in [0, 0.05) is 80.0 Å². The maximum absolute atomic E-state index is 11.9. The second-order valence-electron chi connectivity index (χ2n) is 39.9. The van der Waals surface area contributed by atoms with Crippen molar-refractivity contribution in [3.05, 3.63) is 96.6 Å². The van der Waals surface area contributed by atoms with Crippen LogP contribution in [-0.2, 0) is 203 Å². The fraction of sp³-hybridized carbons (Fsp3) is 0.796. The van der Waals surface area contributed by atoms with Crippen LogP contribution in [-0.4, -0.2) is 396 Å². The largest absolute Gasteiger partial charge is 0.469 e. The fourth-order valence-electron chi connectivity index (χ4n) is 19.0. The first-order valence-electron chi connectivity index (χ1n) is 48.1. The summed E-state index contributed by atoms with van der Waals surface area (Å²) in [5.41, 5.74) is 2.23. The van der Waals surface area contributed by atoms with Gasteiger partial charge >= 0.3 is 23.9 Å². The molecule has 16 aliphatic rings. The maximum atomic E-state index is 11.9. The molecule has 0 aromatic heterocycles. The summed E-state index contributed by atoms with van der Waals surface area (Å²) in [6.07, 6.45) is -8.12. The van der Waals surface area contributed by atoms with E-state index in [1.807, 2.05) is 149 Å². The molecule has 16 aliphatic heterocycles. The van der Waals surface area contributed by atoms with Gasteiger partial charge in [-0.05, 0) is 147 Å². The molecule has 16 heterocycles. The van der Waals surface area contributed by atoms with Crippen LogP contribution in [0, 0.1) is 0 Å². The first-order valence-corrected chi connectivity index (χ1v) is 50.3. The number of aliphatic hydroxyl groups excluding tert-OH is 3. The van der Waals surface area contributed by atoms with Crippen molar-refractivity contribution in [1.29, 1.82) is 0 Å². The molecule has 2 aromatic carbocycles. The number of aldehydes is 1. The molecule has 0 saturated carbocycles. The predicted octanol–water partition coefficient (Wildman–Crippen LogP) is 8.46. The van der Waals surface area contributed by atoms with Crippen LogP contribution in [0.3, 0.4) is 0 Å². The van der Waals surface area contributed by atoms with Crippen molar-refractivity contribution in [2.75, 3.05) is 95.8 Å². The van der Waals surface area contributed by atoms with Gasteiger partial charge < -0.3 is 197 Å². The summed E-state index contributed by atoms with van der Waals surface area (Å²) in [6, 6.07) is 19.3. The number of hydrogen-bond donors (Lipinski definition) is 5. The first-order chi connectivity index (χ1) is 68.3. The quantitative estimate of drug-likeness (QED) is 0.0147. The topological polar surface area (TPSA) is 493 Å². The van der Waals surface area contributed by atoms with E-state index >= 15 is 0 Å². The number of alkyl halides is 1. The molecule has 858 valence electrons. The molecule has 2 aromatic rings. The molecule has 0 aliphatic carbocycles. The highest BCUT2D eigenvalue weighted by atomic mass is 127. The van der Waals surface area contributed by atoms with E-state index in [9.17, 15) is 34.2 Å². The lowest BCUT2D eigenvalue weighted by Gasteiger charge is -2.30. The minimum absolute atomic E-state index is 0. The van der Waals surface area contributed by atoms with Crippen molar-refractivity contribution in [1.82, 2.24) is 10.6 Å². The third-order valence-corrected chi connectivity index (χ3v) is 25.2. The molecule has 0 bridgehead atoms. The van der Waals surface area contributed by atoms with Crippen molar-refractivity contribution >= 4 is 52.8 Å². The zero-order valence-corrected chi connectivity index (χ0v) is 90.5. The van der Waals surface area contributed by atoms with Gasteiger partial charge in [0.1, 0.15) is 146 Å². The van der Waals surface area contributed by atoms with E-state index in [4.69, 9.17) is 161 Å². The van der Waals surface area contributed by atoms with Crippen LogP contribution in [0.25, 0.3) is 0 Å². The number of hydrogen-bond acceptors (Lipinski definition) is 45. The van der Waals surface area contributed by atoms with Crippen LogP contribution in [0.5, 0.6) is 0 Å². The Hall–Kier alpha value is -5.24. The number of carbonyl (C=O) groups excluding carboxylic acids is 5. The molecular formula is C103H171IN2O43. The summed E-state index contributed by atoms with van der Waals surface area (Å²) in [4.78, 5) is 57.3. The molecule has 45 nitrogen and oxygen atoms in total. The second-order valence-corrected chi connectivity index (χ2v) is 39.9. The van der Waals surface area contributed by atoms with E-state index in [0.29, 0.717) is 32.6 Å². The van der Waals surface area contributed by atoms with Gasteiger partial charge in [-0.2, -0.15) is 0 Å². The highest BCUT2D eigenvalue weighted by molar-refractivity contribution is 14.1. The van der Waals surface area contributed by atoms with Crippen molar-refractivity contribution in [2.24, 2.45) is 0 Å². The molecule has 0 spiro atoms. The molecule has 5 N–H and O–H groups in total. The SMILES string of the molecule is C.C.C.C.C=CC(=O)OC.CC1(C)O[C@H]2O[C@H]([C@H]3COC(C)(C)O3)[C@H](O)[C@H]2O1.CI.COC(=O)/C=C/[C@H]1O[C@@H]2OC(C)(C)O[C@@H]2[C@H]1OC.COC(=O)C[C@@H](NCc1ccccc1)[C@H]1O[C@@H]2OC(C)(C)O[C@@H]2[C@H]1OC.COC(=O)C[C@H](NCc1ccccc1)[C@H]1O[C@@H]2OC(C)(C)O[C@@H]2[C@H]1OC.CO[C@@H]1[C@H]2OC(C)(C)O[C@H]2O[C@@H]1C=O.CO[C@@H]1[C@H]2OC(C)(C)O[C@H]2O[C@@H]1[C@H](O)CO.CO[C@@H]1[C@H]2OC(C)(C)O[C@H]2O[C@@H]1[C@H]1COC(C)(C)O1. The highest BCUT2D eigenvalue weighted by Crippen LogP contribution is 2.48.